The van der Waals surface area contributed by atoms with Gasteiger partial charge in [-0.25, -0.2) is 9.37 Å². The number of carbonyl (C=O) groups excluding carboxylic acids is 1. The monoisotopic (exact) mass is 338 g/mol. The fourth-order valence-electron chi connectivity index (χ4n) is 1.68. The highest BCUT2D eigenvalue weighted by Crippen LogP contribution is 2.27. The Kier molecular flexibility index (Phi) is 4.01. The number of amides is 1. The van der Waals surface area contributed by atoms with E-state index in [1.807, 2.05) is 16.8 Å². The summed E-state index contributed by atoms with van der Waals surface area (Å²) in [5.41, 5.74) is 1.26. The average molecular weight is 339 g/mol. The van der Waals surface area contributed by atoms with Crippen molar-refractivity contribution in [3.63, 3.8) is 0 Å². The van der Waals surface area contributed by atoms with Gasteiger partial charge in [0.2, 0.25) is 0 Å². The summed E-state index contributed by atoms with van der Waals surface area (Å²) in [6, 6.07) is 6.37. The zero-order valence-corrected chi connectivity index (χ0v) is 12.9. The first kappa shape index (κ1) is 14.2. The van der Waals surface area contributed by atoms with Crippen LogP contribution in [0.2, 0.25) is 5.02 Å². The molecule has 0 saturated carbocycles. The molecule has 0 unspecified atom stereocenters. The third-order valence-corrected chi connectivity index (χ3v) is 4.57. The van der Waals surface area contributed by atoms with Crippen molar-refractivity contribution < 1.29 is 9.18 Å². The molecule has 2 aromatic heterocycles. The third kappa shape index (κ3) is 2.97. The number of rotatable bonds is 3. The summed E-state index contributed by atoms with van der Waals surface area (Å²) in [4.78, 5) is 16.3. The lowest BCUT2D eigenvalue weighted by molar-refractivity contribution is 0.102. The van der Waals surface area contributed by atoms with Gasteiger partial charge in [-0.3, -0.25) is 4.79 Å². The smallest absolute Gasteiger partial charge is 0.275 e. The van der Waals surface area contributed by atoms with Crippen molar-refractivity contribution in [2.45, 2.75) is 0 Å². The van der Waals surface area contributed by atoms with Crippen LogP contribution in [0.25, 0.3) is 10.6 Å². The molecule has 0 aliphatic heterocycles. The quantitative estimate of drug-likeness (QED) is 0.736. The molecule has 0 bridgehead atoms. The number of aromatic nitrogens is 1. The van der Waals surface area contributed by atoms with E-state index >= 15 is 0 Å². The molecule has 0 spiro atoms. The SMILES string of the molecule is O=C(Nc1cccc(Cl)c1F)c1csc(-c2ccsc2)n1. The molecule has 106 valence electrons. The molecule has 0 radical (unpaired) electrons. The largest absolute Gasteiger partial charge is 0.318 e. The molecule has 3 nitrogen and oxygen atoms in total. The molecule has 2 heterocycles. The lowest BCUT2D eigenvalue weighted by Crippen LogP contribution is -2.13. The maximum absolute atomic E-state index is 13.7. The number of nitrogens with zero attached hydrogens (tertiary/aromatic N) is 1. The first-order chi connectivity index (χ1) is 10.1. The summed E-state index contributed by atoms with van der Waals surface area (Å²) < 4.78 is 13.7. The van der Waals surface area contributed by atoms with Gasteiger partial charge in [-0.1, -0.05) is 17.7 Å². The molecule has 0 atom stereocenters. The molecule has 0 fully saturated rings. The molecule has 0 aliphatic carbocycles. The lowest BCUT2D eigenvalue weighted by Gasteiger charge is -2.05. The number of halogens is 2. The highest BCUT2D eigenvalue weighted by Gasteiger charge is 2.15. The van der Waals surface area contributed by atoms with E-state index in [2.05, 4.69) is 10.3 Å². The first-order valence-electron chi connectivity index (χ1n) is 5.88. The summed E-state index contributed by atoms with van der Waals surface area (Å²) in [5, 5.41) is 8.74. The Hall–Kier alpha value is -1.76. The highest BCUT2D eigenvalue weighted by atomic mass is 35.5. The second-order valence-electron chi connectivity index (χ2n) is 4.11. The number of thiophene rings is 1. The molecule has 0 aliphatic rings. The van der Waals surface area contributed by atoms with E-state index in [9.17, 15) is 9.18 Å². The van der Waals surface area contributed by atoms with Crippen molar-refractivity contribution in [1.29, 1.82) is 0 Å². The molecular weight excluding hydrogens is 331 g/mol. The molecule has 0 saturated heterocycles. The van der Waals surface area contributed by atoms with Gasteiger partial charge < -0.3 is 5.32 Å². The number of carbonyl (C=O) groups is 1. The number of hydrogen-bond acceptors (Lipinski definition) is 4. The number of hydrogen-bond donors (Lipinski definition) is 1. The molecule has 21 heavy (non-hydrogen) atoms. The van der Waals surface area contributed by atoms with Crippen molar-refractivity contribution >= 4 is 45.9 Å². The van der Waals surface area contributed by atoms with Crippen LogP contribution in [0.4, 0.5) is 10.1 Å². The summed E-state index contributed by atoms with van der Waals surface area (Å²) in [7, 11) is 0. The molecule has 3 rings (SSSR count). The number of benzene rings is 1. The summed E-state index contributed by atoms with van der Waals surface area (Å²) >= 11 is 8.60. The van der Waals surface area contributed by atoms with Gasteiger partial charge in [-0.05, 0) is 23.6 Å². The van der Waals surface area contributed by atoms with Crippen molar-refractivity contribution in [2.75, 3.05) is 5.32 Å². The highest BCUT2D eigenvalue weighted by molar-refractivity contribution is 7.14. The van der Waals surface area contributed by atoms with Crippen molar-refractivity contribution in [3.05, 3.63) is 56.9 Å². The predicted octanol–water partition coefficient (Wildman–Crippen LogP) is 4.92. The molecule has 1 N–H and O–H groups in total. The van der Waals surface area contributed by atoms with E-state index in [1.54, 1.807) is 22.8 Å². The van der Waals surface area contributed by atoms with Crippen LogP contribution in [-0.2, 0) is 0 Å². The second kappa shape index (κ2) is 5.93. The lowest BCUT2D eigenvalue weighted by atomic mass is 10.3. The normalized spacial score (nSPS) is 10.6. The number of anilines is 1. The van der Waals surface area contributed by atoms with Gasteiger partial charge in [0.05, 0.1) is 10.7 Å². The van der Waals surface area contributed by atoms with Crippen LogP contribution in [0, 0.1) is 5.82 Å². The van der Waals surface area contributed by atoms with Gasteiger partial charge >= 0.3 is 0 Å². The Morgan fingerprint density at radius 3 is 2.90 bits per heavy atom. The van der Waals surface area contributed by atoms with Gasteiger partial charge in [0, 0.05) is 16.3 Å². The molecular formula is C14H8ClFN2OS2. The maximum Gasteiger partial charge on any atom is 0.275 e. The minimum Gasteiger partial charge on any atom is -0.318 e. The van der Waals surface area contributed by atoms with Gasteiger partial charge in [-0.15, -0.1) is 11.3 Å². The Bertz CT molecular complexity index is 786. The van der Waals surface area contributed by atoms with Crippen LogP contribution < -0.4 is 5.32 Å². The minimum absolute atomic E-state index is 0.0370. The van der Waals surface area contributed by atoms with Gasteiger partial charge in [0.25, 0.3) is 5.91 Å². The van der Waals surface area contributed by atoms with Gasteiger partial charge in [0.15, 0.2) is 5.82 Å². The Morgan fingerprint density at radius 1 is 1.29 bits per heavy atom. The topological polar surface area (TPSA) is 42.0 Å². The fourth-order valence-corrected chi connectivity index (χ4v) is 3.37. The van der Waals surface area contributed by atoms with E-state index in [4.69, 9.17) is 11.6 Å². The summed E-state index contributed by atoms with van der Waals surface area (Å²) in [6.45, 7) is 0. The second-order valence-corrected chi connectivity index (χ2v) is 6.15. The van der Waals surface area contributed by atoms with E-state index < -0.39 is 11.7 Å². The van der Waals surface area contributed by atoms with E-state index in [0.717, 1.165) is 10.6 Å². The van der Waals surface area contributed by atoms with E-state index in [-0.39, 0.29) is 16.4 Å². The van der Waals surface area contributed by atoms with Crippen molar-refractivity contribution in [2.24, 2.45) is 0 Å². The molecule has 3 aromatic rings. The molecule has 1 aromatic carbocycles. The zero-order valence-electron chi connectivity index (χ0n) is 10.5. The van der Waals surface area contributed by atoms with Crippen molar-refractivity contribution in [3.8, 4) is 10.6 Å². The number of nitrogens with one attached hydrogen (secondary N) is 1. The third-order valence-electron chi connectivity index (χ3n) is 2.70. The van der Waals surface area contributed by atoms with E-state index in [0.29, 0.717) is 0 Å². The number of thiazole rings is 1. The van der Waals surface area contributed by atoms with Crippen LogP contribution in [0.5, 0.6) is 0 Å². The predicted molar refractivity (Wildman–Crippen MR) is 84.8 cm³/mol. The van der Waals surface area contributed by atoms with Crippen LogP contribution >= 0.6 is 34.3 Å². The van der Waals surface area contributed by atoms with Crippen LogP contribution in [-0.4, -0.2) is 10.9 Å². The van der Waals surface area contributed by atoms with Gasteiger partial charge in [-0.2, -0.15) is 11.3 Å². The minimum atomic E-state index is -0.652. The van der Waals surface area contributed by atoms with E-state index in [1.165, 1.54) is 23.5 Å². The Morgan fingerprint density at radius 2 is 2.14 bits per heavy atom. The Labute approximate surface area is 133 Å². The standard InChI is InChI=1S/C14H8ClFN2OS2/c15-9-2-1-3-10(12(9)16)17-13(19)11-7-21-14(18-11)8-4-5-20-6-8/h1-7H,(H,17,19). The fraction of sp³-hybridized carbons (Fsp3) is 0. The van der Waals surface area contributed by atoms with Gasteiger partial charge in [0.1, 0.15) is 10.7 Å². The zero-order chi connectivity index (χ0) is 14.8. The van der Waals surface area contributed by atoms with Crippen molar-refractivity contribution in [1.82, 2.24) is 4.98 Å². The van der Waals surface area contributed by atoms with Crippen LogP contribution in [0.15, 0.2) is 40.4 Å². The first-order valence-corrected chi connectivity index (χ1v) is 8.08. The summed E-state index contributed by atoms with van der Waals surface area (Å²) in [6.07, 6.45) is 0. The average Bonchev–Trinajstić information content (AvgIpc) is 3.13. The maximum atomic E-state index is 13.7. The molecule has 1 amide bonds. The molecule has 7 heteroatoms. The Balaban J connectivity index is 1.81. The van der Waals surface area contributed by atoms with Crippen LogP contribution in [0.3, 0.4) is 0 Å². The summed E-state index contributed by atoms with van der Waals surface area (Å²) in [5.74, 6) is -1.12. The van der Waals surface area contributed by atoms with Crippen LogP contribution in [0.1, 0.15) is 10.5 Å².